The molecular formula is C28H30BrClN2O3. The summed E-state index contributed by atoms with van der Waals surface area (Å²) in [6.45, 7) is 4.66. The first-order valence-electron chi connectivity index (χ1n) is 11.6. The third kappa shape index (κ3) is 8.71. The lowest BCUT2D eigenvalue weighted by atomic mass is 10.0. The highest BCUT2D eigenvalue weighted by molar-refractivity contribution is 9.10. The van der Waals surface area contributed by atoms with Crippen LogP contribution < -0.4 is 10.1 Å². The molecule has 0 fully saturated rings. The predicted molar refractivity (Wildman–Crippen MR) is 143 cm³/mol. The van der Waals surface area contributed by atoms with Crippen LogP contribution in [0, 0.1) is 5.92 Å². The van der Waals surface area contributed by atoms with Crippen molar-refractivity contribution in [3.05, 3.63) is 99.5 Å². The second-order valence-electron chi connectivity index (χ2n) is 8.74. The minimum absolute atomic E-state index is 0.186. The number of nitrogens with zero attached hydrogens (tertiary/aromatic N) is 1. The van der Waals surface area contributed by atoms with E-state index in [0.29, 0.717) is 23.7 Å². The number of amides is 2. The number of carbonyl (C=O) groups is 2. The van der Waals surface area contributed by atoms with Crippen LogP contribution in [-0.2, 0) is 22.6 Å². The Balaban J connectivity index is 1.90. The Morgan fingerprint density at radius 1 is 0.971 bits per heavy atom. The molecule has 0 heterocycles. The summed E-state index contributed by atoms with van der Waals surface area (Å²) < 4.78 is 6.66. The van der Waals surface area contributed by atoms with E-state index in [1.54, 1.807) is 29.2 Å². The van der Waals surface area contributed by atoms with Crippen LogP contribution in [0.2, 0.25) is 5.02 Å². The highest BCUT2D eigenvalue weighted by Crippen LogP contribution is 2.20. The molecule has 0 spiro atoms. The molecule has 5 nitrogen and oxygen atoms in total. The second-order valence-corrected chi connectivity index (χ2v) is 10.1. The van der Waals surface area contributed by atoms with Crippen LogP contribution in [0.4, 0.5) is 0 Å². The first kappa shape index (κ1) is 26.8. The van der Waals surface area contributed by atoms with Gasteiger partial charge in [-0.2, -0.15) is 0 Å². The van der Waals surface area contributed by atoms with Gasteiger partial charge in [-0.25, -0.2) is 0 Å². The Morgan fingerprint density at radius 2 is 1.69 bits per heavy atom. The third-order valence-corrected chi connectivity index (χ3v) is 6.08. The van der Waals surface area contributed by atoms with Crippen molar-refractivity contribution in [2.75, 3.05) is 13.2 Å². The molecule has 0 saturated carbocycles. The van der Waals surface area contributed by atoms with Crippen molar-refractivity contribution < 1.29 is 14.3 Å². The normalized spacial score (nSPS) is 11.7. The third-order valence-electron chi connectivity index (χ3n) is 5.36. The van der Waals surface area contributed by atoms with E-state index >= 15 is 0 Å². The Labute approximate surface area is 220 Å². The summed E-state index contributed by atoms with van der Waals surface area (Å²) >= 11 is 9.55. The van der Waals surface area contributed by atoms with Crippen molar-refractivity contribution >= 4 is 39.3 Å². The molecule has 0 bridgehead atoms. The van der Waals surface area contributed by atoms with E-state index in [2.05, 4.69) is 21.2 Å². The molecule has 1 N–H and O–H groups in total. The number of carbonyl (C=O) groups excluding carboxylic acids is 2. The van der Waals surface area contributed by atoms with Gasteiger partial charge in [-0.1, -0.05) is 89.9 Å². The van der Waals surface area contributed by atoms with Gasteiger partial charge in [-0.3, -0.25) is 9.59 Å². The molecule has 0 radical (unpaired) electrons. The molecule has 184 valence electrons. The van der Waals surface area contributed by atoms with Crippen molar-refractivity contribution in [2.24, 2.45) is 5.92 Å². The lowest BCUT2D eigenvalue weighted by molar-refractivity contribution is -0.142. The Kier molecular flexibility index (Phi) is 10.2. The van der Waals surface area contributed by atoms with E-state index in [0.717, 1.165) is 15.6 Å². The maximum atomic E-state index is 13.5. The SMILES string of the molecule is CC(C)CNC(=O)[C@@H](Cc1ccccc1)N(Cc1cccc(Br)c1)C(=O)COc1cccc(Cl)c1. The van der Waals surface area contributed by atoms with Crippen LogP contribution in [0.25, 0.3) is 0 Å². The van der Waals surface area contributed by atoms with Gasteiger partial charge < -0.3 is 15.0 Å². The molecule has 0 unspecified atom stereocenters. The molecule has 1 atom stereocenters. The van der Waals surface area contributed by atoms with E-state index in [9.17, 15) is 9.59 Å². The fourth-order valence-corrected chi connectivity index (χ4v) is 4.22. The van der Waals surface area contributed by atoms with Crippen LogP contribution in [0.3, 0.4) is 0 Å². The van der Waals surface area contributed by atoms with Gasteiger partial charge >= 0.3 is 0 Å². The summed E-state index contributed by atoms with van der Waals surface area (Å²) in [4.78, 5) is 28.5. The molecule has 35 heavy (non-hydrogen) atoms. The van der Waals surface area contributed by atoms with Crippen LogP contribution in [-0.4, -0.2) is 35.9 Å². The molecule has 2 amide bonds. The summed E-state index contributed by atoms with van der Waals surface area (Å²) in [6, 6.07) is 23.7. The number of ether oxygens (including phenoxy) is 1. The fraction of sp³-hybridized carbons (Fsp3) is 0.286. The highest BCUT2D eigenvalue weighted by atomic mass is 79.9. The molecule has 3 aromatic carbocycles. The topological polar surface area (TPSA) is 58.6 Å². The van der Waals surface area contributed by atoms with E-state index in [-0.39, 0.29) is 30.9 Å². The summed E-state index contributed by atoms with van der Waals surface area (Å²) in [5, 5.41) is 3.54. The van der Waals surface area contributed by atoms with E-state index in [1.165, 1.54) is 0 Å². The quantitative estimate of drug-likeness (QED) is 0.320. The van der Waals surface area contributed by atoms with Crippen LogP contribution >= 0.6 is 27.5 Å². The molecule has 0 aliphatic heterocycles. The summed E-state index contributed by atoms with van der Waals surface area (Å²) in [7, 11) is 0. The highest BCUT2D eigenvalue weighted by Gasteiger charge is 2.30. The number of hydrogen-bond acceptors (Lipinski definition) is 3. The maximum Gasteiger partial charge on any atom is 0.261 e. The lowest BCUT2D eigenvalue weighted by Gasteiger charge is -2.31. The Morgan fingerprint density at radius 3 is 2.37 bits per heavy atom. The fourth-order valence-electron chi connectivity index (χ4n) is 3.59. The minimum atomic E-state index is -0.703. The summed E-state index contributed by atoms with van der Waals surface area (Å²) in [5.41, 5.74) is 1.88. The average Bonchev–Trinajstić information content (AvgIpc) is 2.84. The van der Waals surface area contributed by atoms with Crippen molar-refractivity contribution in [1.82, 2.24) is 10.2 Å². The predicted octanol–water partition coefficient (Wildman–Crippen LogP) is 5.89. The Bertz CT molecular complexity index is 1120. The number of hydrogen-bond donors (Lipinski definition) is 1. The van der Waals surface area contributed by atoms with Gasteiger partial charge in [0, 0.05) is 29.0 Å². The van der Waals surface area contributed by atoms with Gasteiger partial charge in [0.2, 0.25) is 5.91 Å². The number of rotatable bonds is 11. The molecule has 7 heteroatoms. The molecule has 3 aromatic rings. The van der Waals surface area contributed by atoms with Crippen LogP contribution in [0.15, 0.2) is 83.3 Å². The maximum absolute atomic E-state index is 13.5. The van der Waals surface area contributed by atoms with E-state index in [1.807, 2.05) is 68.4 Å². The first-order valence-corrected chi connectivity index (χ1v) is 12.7. The monoisotopic (exact) mass is 556 g/mol. The van der Waals surface area contributed by atoms with E-state index in [4.69, 9.17) is 16.3 Å². The standard InChI is InChI=1S/C28H30BrClN2O3/c1-20(2)17-31-28(34)26(15-21-8-4-3-5-9-21)32(18-22-10-6-11-23(29)14-22)27(33)19-35-25-13-7-12-24(30)16-25/h3-14,16,20,26H,15,17-19H2,1-2H3,(H,31,34)/t26-/m1/s1. The molecule has 0 aliphatic carbocycles. The number of nitrogens with one attached hydrogen (secondary N) is 1. The summed E-state index contributed by atoms with van der Waals surface area (Å²) in [6.07, 6.45) is 0.391. The van der Waals surface area contributed by atoms with Gasteiger partial charge in [0.1, 0.15) is 11.8 Å². The smallest absolute Gasteiger partial charge is 0.261 e. The van der Waals surface area contributed by atoms with Crippen molar-refractivity contribution in [3.63, 3.8) is 0 Å². The van der Waals surface area contributed by atoms with Crippen molar-refractivity contribution in [2.45, 2.75) is 32.9 Å². The van der Waals surface area contributed by atoms with E-state index < -0.39 is 6.04 Å². The average molecular weight is 558 g/mol. The molecule has 0 aliphatic rings. The van der Waals surface area contributed by atoms with Gasteiger partial charge in [0.25, 0.3) is 5.91 Å². The Hall–Kier alpha value is -2.83. The van der Waals surface area contributed by atoms with Crippen LogP contribution in [0.1, 0.15) is 25.0 Å². The second kappa shape index (κ2) is 13.3. The number of halogens is 2. The lowest BCUT2D eigenvalue weighted by Crippen LogP contribution is -2.52. The number of benzene rings is 3. The molecule has 0 aromatic heterocycles. The van der Waals surface area contributed by atoms with Crippen LogP contribution in [0.5, 0.6) is 5.75 Å². The zero-order valence-electron chi connectivity index (χ0n) is 19.9. The molecular weight excluding hydrogens is 528 g/mol. The summed E-state index contributed by atoms with van der Waals surface area (Å²) in [5.74, 6) is 0.313. The zero-order chi connectivity index (χ0) is 25.2. The first-order chi connectivity index (χ1) is 16.8. The van der Waals surface area contributed by atoms with Gasteiger partial charge in [-0.05, 0) is 47.4 Å². The largest absolute Gasteiger partial charge is 0.484 e. The minimum Gasteiger partial charge on any atom is -0.484 e. The van der Waals surface area contributed by atoms with Crippen molar-refractivity contribution in [1.29, 1.82) is 0 Å². The zero-order valence-corrected chi connectivity index (χ0v) is 22.3. The van der Waals surface area contributed by atoms with Gasteiger partial charge in [-0.15, -0.1) is 0 Å². The molecule has 3 rings (SSSR count). The molecule has 0 saturated heterocycles. The van der Waals surface area contributed by atoms with Crippen molar-refractivity contribution in [3.8, 4) is 5.75 Å². The van der Waals surface area contributed by atoms with Gasteiger partial charge in [0.15, 0.2) is 6.61 Å². The van der Waals surface area contributed by atoms with Gasteiger partial charge in [0.05, 0.1) is 0 Å².